The minimum absolute atomic E-state index is 0.0460. The summed E-state index contributed by atoms with van der Waals surface area (Å²) in [6, 6.07) is 2.68. The normalized spacial score (nSPS) is 12.3. The van der Waals surface area contributed by atoms with Crippen LogP contribution in [0, 0.1) is 0 Å². The van der Waals surface area contributed by atoms with Gasteiger partial charge in [-0.2, -0.15) is 13.2 Å². The second kappa shape index (κ2) is 7.14. The smallest absolute Gasteiger partial charge is 0.388 e. The number of nitrogens with two attached hydrogens (primary N) is 1. The first-order valence-electron chi connectivity index (χ1n) is 5.95. The van der Waals surface area contributed by atoms with Crippen LogP contribution in [0.25, 0.3) is 0 Å². The number of aromatic nitrogens is 1. The van der Waals surface area contributed by atoms with Gasteiger partial charge in [-0.3, -0.25) is 4.98 Å². The van der Waals surface area contributed by atoms with Gasteiger partial charge in [-0.25, -0.2) is 13.1 Å². The largest absolute Gasteiger partial charge is 0.389 e. The van der Waals surface area contributed by atoms with E-state index in [0.29, 0.717) is 0 Å². The maximum atomic E-state index is 12.0. The van der Waals surface area contributed by atoms with Crippen molar-refractivity contribution in [2.45, 2.75) is 30.3 Å². The molecule has 1 rings (SSSR count). The van der Waals surface area contributed by atoms with E-state index in [1.54, 1.807) is 0 Å². The Labute approximate surface area is 125 Å². The van der Waals surface area contributed by atoms with Gasteiger partial charge in [0.2, 0.25) is 10.0 Å². The summed E-state index contributed by atoms with van der Waals surface area (Å²) in [6.07, 6.45) is -3.92. The molecule has 118 valence electrons. The number of thiocarbonyl (C=S) groups is 1. The molecule has 21 heavy (non-hydrogen) atoms. The minimum atomic E-state index is -4.23. The zero-order chi connectivity index (χ0) is 16.1. The fraction of sp³-hybridized carbons (Fsp3) is 0.455. The third kappa shape index (κ3) is 5.94. The zero-order valence-corrected chi connectivity index (χ0v) is 12.5. The van der Waals surface area contributed by atoms with E-state index in [1.165, 1.54) is 18.3 Å². The number of unbranched alkanes of at least 4 members (excludes halogenated alkanes) is 1. The van der Waals surface area contributed by atoms with E-state index in [4.69, 9.17) is 18.0 Å². The van der Waals surface area contributed by atoms with Crippen LogP contribution in [0.5, 0.6) is 0 Å². The fourth-order valence-electron chi connectivity index (χ4n) is 1.53. The van der Waals surface area contributed by atoms with Crippen molar-refractivity contribution < 1.29 is 21.6 Å². The van der Waals surface area contributed by atoms with Crippen LogP contribution >= 0.6 is 12.2 Å². The second-order valence-electron chi connectivity index (χ2n) is 4.18. The molecular weight excluding hydrogens is 327 g/mol. The highest BCUT2D eigenvalue weighted by Gasteiger charge is 2.26. The van der Waals surface area contributed by atoms with Gasteiger partial charge in [-0.1, -0.05) is 12.2 Å². The van der Waals surface area contributed by atoms with Gasteiger partial charge in [-0.05, 0) is 25.0 Å². The second-order valence-corrected chi connectivity index (χ2v) is 6.36. The average Bonchev–Trinajstić information content (AvgIpc) is 2.36. The average molecular weight is 341 g/mol. The molecule has 0 aliphatic rings. The summed E-state index contributed by atoms with van der Waals surface area (Å²) in [5.41, 5.74) is 5.34. The molecule has 0 aromatic carbocycles. The lowest BCUT2D eigenvalue weighted by atomic mass is 10.2. The summed E-state index contributed by atoms with van der Waals surface area (Å²) in [5.74, 6) is 0. The van der Waals surface area contributed by atoms with Crippen LogP contribution in [-0.2, 0) is 10.0 Å². The number of hydrogen-bond donors (Lipinski definition) is 2. The van der Waals surface area contributed by atoms with Crippen molar-refractivity contribution in [1.29, 1.82) is 0 Å². The molecule has 0 spiro atoms. The molecule has 0 unspecified atom stereocenters. The number of alkyl halides is 3. The predicted octanol–water partition coefficient (Wildman–Crippen LogP) is 1.73. The van der Waals surface area contributed by atoms with Crippen molar-refractivity contribution >= 4 is 27.2 Å². The van der Waals surface area contributed by atoms with Gasteiger partial charge in [0.15, 0.2) is 0 Å². The standard InChI is InChI=1S/C11H14F3N3O2S2/c12-11(13,14)5-1-2-7-17-21(18,19)8-4-3-6-16-9(8)10(15)20/h3-4,6,17H,1-2,5,7H2,(H2,15,20). The van der Waals surface area contributed by atoms with Crippen LogP contribution in [0.15, 0.2) is 23.2 Å². The molecule has 0 aliphatic carbocycles. The van der Waals surface area contributed by atoms with Crippen molar-refractivity contribution in [1.82, 2.24) is 9.71 Å². The summed E-state index contributed by atoms with van der Waals surface area (Å²) < 4.78 is 62.1. The van der Waals surface area contributed by atoms with E-state index in [0.717, 1.165) is 0 Å². The molecule has 1 aromatic heterocycles. The van der Waals surface area contributed by atoms with Gasteiger partial charge in [-0.15, -0.1) is 0 Å². The topological polar surface area (TPSA) is 85.1 Å². The van der Waals surface area contributed by atoms with E-state index in [2.05, 4.69) is 9.71 Å². The number of pyridine rings is 1. The van der Waals surface area contributed by atoms with Crippen LogP contribution in [0.4, 0.5) is 13.2 Å². The first-order chi connectivity index (χ1) is 9.63. The highest BCUT2D eigenvalue weighted by molar-refractivity contribution is 7.89. The molecule has 0 amide bonds. The van der Waals surface area contributed by atoms with Crippen molar-refractivity contribution in [3.05, 3.63) is 24.0 Å². The Balaban J connectivity index is 2.65. The molecule has 0 aliphatic heterocycles. The quantitative estimate of drug-likeness (QED) is 0.583. The first kappa shape index (κ1) is 17.8. The van der Waals surface area contributed by atoms with Crippen molar-refractivity contribution in [3.8, 4) is 0 Å². The van der Waals surface area contributed by atoms with Gasteiger partial charge in [0.05, 0.1) is 0 Å². The molecule has 0 saturated heterocycles. The molecule has 0 radical (unpaired) electrons. The van der Waals surface area contributed by atoms with E-state index >= 15 is 0 Å². The maximum Gasteiger partial charge on any atom is 0.389 e. The Morgan fingerprint density at radius 3 is 2.62 bits per heavy atom. The van der Waals surface area contributed by atoms with E-state index in [9.17, 15) is 21.6 Å². The minimum Gasteiger partial charge on any atom is -0.388 e. The molecule has 0 atom stereocenters. The van der Waals surface area contributed by atoms with Crippen LogP contribution in [0.1, 0.15) is 25.0 Å². The molecule has 1 heterocycles. The summed E-state index contributed by atoms with van der Waals surface area (Å²) in [7, 11) is -3.91. The molecule has 3 N–H and O–H groups in total. The van der Waals surface area contributed by atoms with E-state index in [1.807, 2.05) is 0 Å². The lowest BCUT2D eigenvalue weighted by Crippen LogP contribution is -2.28. The number of rotatable bonds is 7. The zero-order valence-electron chi connectivity index (χ0n) is 10.9. The number of halogens is 3. The number of nitrogens with zero attached hydrogens (tertiary/aromatic N) is 1. The van der Waals surface area contributed by atoms with Gasteiger partial charge in [0, 0.05) is 19.2 Å². The molecule has 0 bridgehead atoms. The molecule has 1 aromatic rings. The summed E-state index contributed by atoms with van der Waals surface area (Å²) >= 11 is 4.71. The number of hydrogen-bond acceptors (Lipinski definition) is 4. The Morgan fingerprint density at radius 2 is 2.05 bits per heavy atom. The third-order valence-corrected chi connectivity index (χ3v) is 4.16. The Bertz CT molecular complexity index is 603. The van der Waals surface area contributed by atoms with Gasteiger partial charge < -0.3 is 5.73 Å². The van der Waals surface area contributed by atoms with Crippen LogP contribution in [-0.4, -0.2) is 31.1 Å². The highest BCUT2D eigenvalue weighted by atomic mass is 32.2. The van der Waals surface area contributed by atoms with Crippen LogP contribution in [0.3, 0.4) is 0 Å². The molecule has 0 saturated carbocycles. The molecular formula is C11H14F3N3O2S2. The number of sulfonamides is 1. The lowest BCUT2D eigenvalue weighted by Gasteiger charge is -2.10. The Morgan fingerprint density at radius 1 is 1.38 bits per heavy atom. The summed E-state index contributed by atoms with van der Waals surface area (Å²) in [4.78, 5) is 3.43. The van der Waals surface area contributed by atoms with E-state index in [-0.39, 0.29) is 35.0 Å². The van der Waals surface area contributed by atoms with Crippen LogP contribution < -0.4 is 10.5 Å². The Kier molecular flexibility index (Phi) is 6.05. The predicted molar refractivity (Wildman–Crippen MR) is 75.2 cm³/mol. The summed E-state index contributed by atoms with van der Waals surface area (Å²) in [5, 5.41) is 0. The molecule has 0 fully saturated rings. The first-order valence-corrected chi connectivity index (χ1v) is 7.84. The number of nitrogens with one attached hydrogen (secondary N) is 1. The lowest BCUT2D eigenvalue weighted by molar-refractivity contribution is -0.135. The van der Waals surface area contributed by atoms with Gasteiger partial charge >= 0.3 is 6.18 Å². The Hall–Kier alpha value is -1.26. The van der Waals surface area contributed by atoms with Gasteiger partial charge in [0.1, 0.15) is 15.6 Å². The monoisotopic (exact) mass is 341 g/mol. The summed E-state index contributed by atoms with van der Waals surface area (Å²) in [6.45, 7) is -0.107. The fourth-order valence-corrected chi connectivity index (χ4v) is 3.00. The molecule has 10 heteroatoms. The maximum absolute atomic E-state index is 12.0. The van der Waals surface area contributed by atoms with Gasteiger partial charge in [0.25, 0.3) is 0 Å². The third-order valence-electron chi connectivity index (χ3n) is 2.47. The highest BCUT2D eigenvalue weighted by Crippen LogP contribution is 2.22. The van der Waals surface area contributed by atoms with Crippen molar-refractivity contribution in [2.24, 2.45) is 5.73 Å². The van der Waals surface area contributed by atoms with E-state index < -0.39 is 22.6 Å². The van der Waals surface area contributed by atoms with Crippen LogP contribution in [0.2, 0.25) is 0 Å². The SMILES string of the molecule is NC(=S)c1ncccc1S(=O)(=O)NCCCCC(F)(F)F. The molecule has 5 nitrogen and oxygen atoms in total. The van der Waals surface area contributed by atoms with Crippen molar-refractivity contribution in [2.75, 3.05) is 6.54 Å². The van der Waals surface area contributed by atoms with Crippen molar-refractivity contribution in [3.63, 3.8) is 0 Å².